The van der Waals surface area contributed by atoms with Crippen molar-refractivity contribution in [2.75, 3.05) is 25.2 Å². The molecule has 1 amide bonds. The van der Waals surface area contributed by atoms with Crippen LogP contribution >= 0.6 is 0 Å². The zero-order valence-corrected chi connectivity index (χ0v) is 17.4. The normalized spacial score (nSPS) is 17.7. The third-order valence-corrected chi connectivity index (χ3v) is 5.22. The van der Waals surface area contributed by atoms with E-state index in [4.69, 9.17) is 18.9 Å². The number of benzene rings is 2. The van der Waals surface area contributed by atoms with E-state index in [2.05, 4.69) is 0 Å². The Balaban J connectivity index is 1.70. The molecule has 0 aliphatic carbocycles. The van der Waals surface area contributed by atoms with E-state index in [1.165, 1.54) is 0 Å². The van der Waals surface area contributed by atoms with Crippen molar-refractivity contribution >= 4 is 11.6 Å². The van der Waals surface area contributed by atoms with Crippen LogP contribution < -0.4 is 14.4 Å². The molecule has 0 radical (unpaired) electrons. The molecule has 2 aliphatic heterocycles. The summed E-state index contributed by atoms with van der Waals surface area (Å²) < 4.78 is 23.2. The zero-order valence-electron chi connectivity index (χ0n) is 17.4. The van der Waals surface area contributed by atoms with Gasteiger partial charge in [-0.2, -0.15) is 0 Å². The van der Waals surface area contributed by atoms with E-state index in [9.17, 15) is 4.79 Å². The number of ether oxygens (including phenoxy) is 4. The number of hydrogen-bond acceptors (Lipinski definition) is 5. The quantitative estimate of drug-likeness (QED) is 0.765. The van der Waals surface area contributed by atoms with Crippen LogP contribution in [-0.4, -0.2) is 32.3 Å². The SMILES string of the molecule is COc1cc(CN2C(=O)C3(OCCCO3)c3cccc(C)c32)ccc1OC(C)C. The van der Waals surface area contributed by atoms with E-state index in [0.717, 1.165) is 28.8 Å². The number of nitrogens with zero attached hydrogens (tertiary/aromatic N) is 1. The van der Waals surface area contributed by atoms with Crippen molar-refractivity contribution in [2.45, 2.75) is 45.6 Å². The van der Waals surface area contributed by atoms with Crippen molar-refractivity contribution in [1.82, 2.24) is 0 Å². The highest BCUT2D eigenvalue weighted by Crippen LogP contribution is 2.47. The molecule has 1 saturated heterocycles. The fraction of sp³-hybridized carbons (Fsp3) is 0.435. The van der Waals surface area contributed by atoms with Gasteiger partial charge < -0.3 is 23.8 Å². The van der Waals surface area contributed by atoms with Gasteiger partial charge in [0.05, 0.1) is 38.7 Å². The molecule has 0 atom stereocenters. The van der Waals surface area contributed by atoms with Crippen LogP contribution in [0.4, 0.5) is 5.69 Å². The number of amides is 1. The topological polar surface area (TPSA) is 57.2 Å². The van der Waals surface area contributed by atoms with E-state index in [1.807, 2.05) is 57.2 Å². The molecule has 6 nitrogen and oxygen atoms in total. The van der Waals surface area contributed by atoms with Gasteiger partial charge in [0.2, 0.25) is 0 Å². The van der Waals surface area contributed by atoms with E-state index in [-0.39, 0.29) is 12.0 Å². The van der Waals surface area contributed by atoms with Gasteiger partial charge in [-0.1, -0.05) is 24.3 Å². The third-order valence-electron chi connectivity index (χ3n) is 5.22. The lowest BCUT2D eigenvalue weighted by Crippen LogP contribution is -2.47. The average Bonchev–Trinajstić information content (AvgIpc) is 2.93. The summed E-state index contributed by atoms with van der Waals surface area (Å²) >= 11 is 0. The average molecular weight is 397 g/mol. The summed E-state index contributed by atoms with van der Waals surface area (Å²) in [5, 5.41) is 0. The summed E-state index contributed by atoms with van der Waals surface area (Å²) in [7, 11) is 1.62. The van der Waals surface area contributed by atoms with Crippen LogP contribution in [0.1, 0.15) is 37.0 Å². The van der Waals surface area contributed by atoms with Gasteiger partial charge >= 0.3 is 0 Å². The molecule has 2 heterocycles. The maximum atomic E-state index is 13.5. The van der Waals surface area contributed by atoms with E-state index >= 15 is 0 Å². The molecule has 154 valence electrons. The first-order chi connectivity index (χ1) is 14.0. The van der Waals surface area contributed by atoms with Crippen LogP contribution in [0.25, 0.3) is 0 Å². The lowest BCUT2D eigenvalue weighted by molar-refractivity contribution is -0.256. The van der Waals surface area contributed by atoms with Gasteiger partial charge in [-0.15, -0.1) is 0 Å². The highest BCUT2D eigenvalue weighted by Gasteiger charge is 2.55. The summed E-state index contributed by atoms with van der Waals surface area (Å²) in [6, 6.07) is 11.6. The first-order valence-electron chi connectivity index (χ1n) is 10.00. The molecule has 0 saturated carbocycles. The number of fused-ring (bicyclic) bond motifs is 2. The van der Waals surface area contributed by atoms with E-state index in [0.29, 0.717) is 31.3 Å². The fourth-order valence-electron chi connectivity index (χ4n) is 3.98. The molecule has 2 aromatic rings. The van der Waals surface area contributed by atoms with Gasteiger partial charge in [0, 0.05) is 5.56 Å². The van der Waals surface area contributed by atoms with Crippen LogP contribution in [0.15, 0.2) is 36.4 Å². The number of carbonyl (C=O) groups excluding carboxylic acids is 1. The van der Waals surface area contributed by atoms with Crippen molar-refractivity contribution in [3.8, 4) is 11.5 Å². The van der Waals surface area contributed by atoms with Crippen LogP contribution in [0.3, 0.4) is 0 Å². The van der Waals surface area contributed by atoms with Crippen molar-refractivity contribution in [1.29, 1.82) is 0 Å². The fourth-order valence-corrected chi connectivity index (χ4v) is 3.98. The summed E-state index contributed by atoms with van der Waals surface area (Å²) in [4.78, 5) is 15.2. The third kappa shape index (κ3) is 3.36. The Morgan fingerprint density at radius 1 is 1.14 bits per heavy atom. The first-order valence-corrected chi connectivity index (χ1v) is 10.00. The predicted molar refractivity (Wildman–Crippen MR) is 109 cm³/mol. The smallest absolute Gasteiger partial charge is 0.292 e. The summed E-state index contributed by atoms with van der Waals surface area (Å²) in [5.41, 5.74) is 3.60. The van der Waals surface area contributed by atoms with E-state index < -0.39 is 5.79 Å². The van der Waals surface area contributed by atoms with Gasteiger partial charge in [-0.05, 0) is 50.5 Å². The predicted octanol–water partition coefficient (Wildman–Crippen LogP) is 3.93. The van der Waals surface area contributed by atoms with Crippen molar-refractivity contribution in [2.24, 2.45) is 0 Å². The number of methoxy groups -OCH3 is 1. The Morgan fingerprint density at radius 3 is 2.59 bits per heavy atom. The zero-order chi connectivity index (χ0) is 20.6. The molecule has 0 N–H and O–H groups in total. The van der Waals surface area contributed by atoms with Gasteiger partial charge in [0.15, 0.2) is 11.5 Å². The summed E-state index contributed by atoms with van der Waals surface area (Å²) in [6.45, 7) is 7.34. The highest BCUT2D eigenvalue weighted by molar-refractivity contribution is 6.06. The number of anilines is 1. The van der Waals surface area contributed by atoms with Crippen LogP contribution in [0.2, 0.25) is 0 Å². The largest absolute Gasteiger partial charge is 0.493 e. The lowest BCUT2D eigenvalue weighted by Gasteiger charge is -2.32. The molecule has 0 unspecified atom stereocenters. The standard InChI is InChI=1S/C23H27NO5/c1-15(2)29-19-10-9-17(13-20(19)26-4)14-24-21-16(3)7-5-8-18(21)23(22(24)25)27-11-6-12-28-23/h5,7-10,13,15H,6,11-12,14H2,1-4H3. The van der Waals surface area contributed by atoms with Crippen molar-refractivity contribution in [3.05, 3.63) is 53.1 Å². The summed E-state index contributed by atoms with van der Waals surface area (Å²) in [5.74, 6) is -0.175. The van der Waals surface area contributed by atoms with Gasteiger partial charge in [-0.25, -0.2) is 0 Å². The molecule has 0 bridgehead atoms. The second-order valence-corrected chi connectivity index (χ2v) is 7.68. The Kier molecular flexibility index (Phi) is 5.23. The first kappa shape index (κ1) is 19.7. The molecule has 1 fully saturated rings. The monoisotopic (exact) mass is 397 g/mol. The molecule has 6 heteroatoms. The Labute approximate surface area is 171 Å². The second kappa shape index (κ2) is 7.69. The van der Waals surface area contributed by atoms with Crippen molar-refractivity contribution in [3.63, 3.8) is 0 Å². The van der Waals surface area contributed by atoms with Crippen LogP contribution in [0.5, 0.6) is 11.5 Å². The maximum absolute atomic E-state index is 13.5. The number of hydrogen-bond donors (Lipinski definition) is 0. The molecule has 0 aromatic heterocycles. The molecule has 29 heavy (non-hydrogen) atoms. The minimum absolute atomic E-state index is 0.0462. The molecular weight excluding hydrogens is 370 g/mol. The molecular formula is C23H27NO5. The Bertz CT molecular complexity index is 917. The second-order valence-electron chi connectivity index (χ2n) is 7.68. The Hall–Kier alpha value is -2.57. The molecule has 2 aromatic carbocycles. The van der Waals surface area contributed by atoms with Gasteiger partial charge in [0.25, 0.3) is 11.7 Å². The number of aryl methyl sites for hydroxylation is 1. The number of carbonyl (C=O) groups is 1. The minimum atomic E-state index is -1.33. The number of para-hydroxylation sites is 1. The maximum Gasteiger partial charge on any atom is 0.292 e. The van der Waals surface area contributed by atoms with Crippen molar-refractivity contribution < 1.29 is 23.7 Å². The van der Waals surface area contributed by atoms with Crippen LogP contribution in [-0.2, 0) is 26.6 Å². The van der Waals surface area contributed by atoms with Gasteiger partial charge in [0.1, 0.15) is 0 Å². The van der Waals surface area contributed by atoms with E-state index in [1.54, 1.807) is 12.0 Å². The molecule has 4 rings (SSSR count). The van der Waals surface area contributed by atoms with Gasteiger partial charge in [-0.3, -0.25) is 4.79 Å². The highest BCUT2D eigenvalue weighted by atomic mass is 16.7. The Morgan fingerprint density at radius 2 is 1.90 bits per heavy atom. The molecule has 2 aliphatic rings. The summed E-state index contributed by atoms with van der Waals surface area (Å²) in [6.07, 6.45) is 0.829. The minimum Gasteiger partial charge on any atom is -0.493 e. The number of rotatable bonds is 5. The lowest BCUT2D eigenvalue weighted by atomic mass is 10.0. The molecule has 1 spiro atoms. The van der Waals surface area contributed by atoms with Crippen LogP contribution in [0, 0.1) is 6.92 Å².